The normalized spacial score (nSPS) is 16.4. The number of rotatable bonds is 11. The number of hydrogen-bond donors (Lipinski definition) is 1. The second-order valence-electron chi connectivity index (χ2n) is 9.62. The van der Waals surface area contributed by atoms with Gasteiger partial charge < -0.3 is 14.5 Å². The lowest BCUT2D eigenvalue weighted by Crippen LogP contribution is -2.33. The van der Waals surface area contributed by atoms with Gasteiger partial charge in [0.05, 0.1) is 25.3 Å². The topological polar surface area (TPSA) is 98.2 Å². The fraction of sp³-hybridized carbons (Fsp3) is 0.429. The van der Waals surface area contributed by atoms with Crippen molar-refractivity contribution >= 4 is 10.9 Å². The number of halogens is 1. The van der Waals surface area contributed by atoms with E-state index < -0.39 is 0 Å². The average Bonchev–Trinajstić information content (AvgIpc) is 3.59. The third kappa shape index (κ3) is 5.92. The highest BCUT2D eigenvalue weighted by Crippen LogP contribution is 2.28. The monoisotopic (exact) mass is 520 g/mol. The first-order valence-corrected chi connectivity index (χ1v) is 13.2. The molecule has 200 valence electrons. The molecular formula is C28H33FN6O3. The maximum atomic E-state index is 13.6. The SMILES string of the molecule is CCOc1ccc2[nH]c(=O)c(CN(Cc3ccc(F)cc3)[C@@H](CC)c3nnnn3C[C@@H]3CCCO3)cc2c1. The summed E-state index contributed by atoms with van der Waals surface area (Å²) in [5.74, 6) is 1.19. The van der Waals surface area contributed by atoms with E-state index in [1.807, 2.05) is 35.9 Å². The molecule has 2 atom stereocenters. The third-order valence-corrected chi connectivity index (χ3v) is 6.96. The number of nitrogens with zero attached hydrogens (tertiary/aromatic N) is 5. The molecule has 3 heterocycles. The predicted octanol–water partition coefficient (Wildman–Crippen LogP) is 4.38. The first-order chi connectivity index (χ1) is 18.5. The zero-order valence-electron chi connectivity index (χ0n) is 21.8. The Morgan fingerprint density at radius 2 is 2.03 bits per heavy atom. The minimum absolute atomic E-state index is 0.0863. The minimum atomic E-state index is -0.288. The van der Waals surface area contributed by atoms with Crippen LogP contribution in [0.3, 0.4) is 0 Å². The van der Waals surface area contributed by atoms with Crippen LogP contribution in [0.5, 0.6) is 5.75 Å². The minimum Gasteiger partial charge on any atom is -0.494 e. The van der Waals surface area contributed by atoms with Gasteiger partial charge in [0.1, 0.15) is 11.6 Å². The number of H-pyrrole nitrogens is 1. The molecule has 38 heavy (non-hydrogen) atoms. The van der Waals surface area contributed by atoms with Crippen molar-refractivity contribution in [2.75, 3.05) is 13.2 Å². The van der Waals surface area contributed by atoms with Crippen molar-refractivity contribution in [3.05, 3.63) is 81.7 Å². The molecule has 0 aliphatic carbocycles. The van der Waals surface area contributed by atoms with Crippen LogP contribution in [0.4, 0.5) is 4.39 Å². The Labute approximate surface area is 220 Å². The molecule has 2 aromatic heterocycles. The highest BCUT2D eigenvalue weighted by Gasteiger charge is 2.28. The van der Waals surface area contributed by atoms with Crippen LogP contribution in [0, 0.1) is 5.82 Å². The van der Waals surface area contributed by atoms with Gasteiger partial charge in [-0.2, -0.15) is 0 Å². The summed E-state index contributed by atoms with van der Waals surface area (Å²) in [6.07, 6.45) is 2.81. The first-order valence-electron chi connectivity index (χ1n) is 13.2. The van der Waals surface area contributed by atoms with Crippen molar-refractivity contribution in [1.82, 2.24) is 30.1 Å². The Hall–Kier alpha value is -3.63. The fourth-order valence-corrected chi connectivity index (χ4v) is 5.09. The Morgan fingerprint density at radius 3 is 2.76 bits per heavy atom. The van der Waals surface area contributed by atoms with Gasteiger partial charge in [-0.05, 0) is 78.6 Å². The van der Waals surface area contributed by atoms with E-state index in [-0.39, 0.29) is 23.5 Å². The molecule has 0 amide bonds. The van der Waals surface area contributed by atoms with Gasteiger partial charge in [-0.15, -0.1) is 5.10 Å². The maximum Gasteiger partial charge on any atom is 0.252 e. The van der Waals surface area contributed by atoms with E-state index in [4.69, 9.17) is 9.47 Å². The second-order valence-corrected chi connectivity index (χ2v) is 9.62. The molecule has 0 unspecified atom stereocenters. The number of pyridine rings is 1. The van der Waals surface area contributed by atoms with Crippen LogP contribution in [0.2, 0.25) is 0 Å². The van der Waals surface area contributed by atoms with E-state index in [0.717, 1.165) is 47.5 Å². The molecule has 1 aliphatic rings. The molecule has 1 aliphatic heterocycles. The molecule has 2 aromatic carbocycles. The van der Waals surface area contributed by atoms with Crippen molar-refractivity contribution in [2.45, 2.75) is 64.9 Å². The van der Waals surface area contributed by atoms with Crippen LogP contribution in [0.1, 0.15) is 56.1 Å². The summed E-state index contributed by atoms with van der Waals surface area (Å²) in [4.78, 5) is 18.3. The Kier molecular flexibility index (Phi) is 8.09. The molecule has 9 nitrogen and oxygen atoms in total. The third-order valence-electron chi connectivity index (χ3n) is 6.96. The van der Waals surface area contributed by atoms with E-state index in [0.29, 0.717) is 38.2 Å². The van der Waals surface area contributed by atoms with Crippen LogP contribution in [-0.2, 0) is 24.4 Å². The largest absolute Gasteiger partial charge is 0.494 e. The van der Waals surface area contributed by atoms with Crippen molar-refractivity contribution < 1.29 is 13.9 Å². The summed E-state index contributed by atoms with van der Waals surface area (Å²) < 4.78 is 26.9. The number of aromatic amines is 1. The summed E-state index contributed by atoms with van der Waals surface area (Å²) in [6, 6.07) is 13.8. The maximum absolute atomic E-state index is 13.6. The van der Waals surface area contributed by atoms with Crippen LogP contribution in [0.15, 0.2) is 53.3 Å². The van der Waals surface area contributed by atoms with Gasteiger partial charge in [-0.1, -0.05) is 19.1 Å². The lowest BCUT2D eigenvalue weighted by molar-refractivity contribution is 0.0888. The molecule has 0 radical (unpaired) electrons. The number of nitrogens with one attached hydrogen (secondary N) is 1. The molecule has 1 fully saturated rings. The molecule has 0 bridgehead atoms. The van der Waals surface area contributed by atoms with Crippen LogP contribution in [-0.4, -0.2) is 49.4 Å². The highest BCUT2D eigenvalue weighted by atomic mass is 19.1. The molecule has 0 spiro atoms. The molecule has 5 rings (SSSR count). The van der Waals surface area contributed by atoms with Gasteiger partial charge in [-0.25, -0.2) is 9.07 Å². The first kappa shape index (κ1) is 26.0. The quantitative estimate of drug-likeness (QED) is 0.313. The van der Waals surface area contributed by atoms with Gasteiger partial charge in [0.2, 0.25) is 0 Å². The number of ether oxygens (including phenoxy) is 2. The van der Waals surface area contributed by atoms with Crippen molar-refractivity contribution in [3.8, 4) is 5.75 Å². The number of hydrogen-bond acceptors (Lipinski definition) is 7. The summed E-state index contributed by atoms with van der Waals surface area (Å²) in [5.41, 5.74) is 2.14. The number of fused-ring (bicyclic) bond motifs is 1. The van der Waals surface area contributed by atoms with Gasteiger partial charge in [0, 0.05) is 36.2 Å². The van der Waals surface area contributed by atoms with E-state index in [9.17, 15) is 9.18 Å². The summed E-state index contributed by atoms with van der Waals surface area (Å²) >= 11 is 0. The predicted molar refractivity (Wildman–Crippen MR) is 141 cm³/mol. The second kappa shape index (κ2) is 11.8. The van der Waals surface area contributed by atoms with E-state index in [2.05, 4.69) is 32.3 Å². The zero-order chi connectivity index (χ0) is 26.5. The van der Waals surface area contributed by atoms with Crippen molar-refractivity contribution in [2.24, 2.45) is 0 Å². The standard InChI is InChI=1S/C28H33FN6O3/c1-3-26(27-31-32-33-35(27)18-24-6-5-13-38-24)34(16-19-7-9-22(29)10-8-19)17-21-14-20-15-23(37-4-2)11-12-25(20)30-28(21)36/h7-12,14-15,24,26H,3-6,13,16-18H2,1-2H3,(H,30,36)/t24-,26-/m0/s1. The molecule has 4 aromatic rings. The smallest absolute Gasteiger partial charge is 0.252 e. The van der Waals surface area contributed by atoms with Gasteiger partial charge in [0.15, 0.2) is 5.82 Å². The Balaban J connectivity index is 1.49. The van der Waals surface area contributed by atoms with Gasteiger partial charge in [-0.3, -0.25) is 9.69 Å². The van der Waals surface area contributed by atoms with E-state index in [1.165, 1.54) is 12.1 Å². The average molecular weight is 521 g/mol. The highest BCUT2D eigenvalue weighted by molar-refractivity contribution is 5.80. The number of benzene rings is 2. The van der Waals surface area contributed by atoms with Gasteiger partial charge >= 0.3 is 0 Å². The molecular weight excluding hydrogens is 487 g/mol. The van der Waals surface area contributed by atoms with E-state index in [1.54, 1.807) is 12.1 Å². The van der Waals surface area contributed by atoms with Crippen LogP contribution in [0.25, 0.3) is 10.9 Å². The number of aromatic nitrogens is 5. The summed E-state index contributed by atoms with van der Waals surface area (Å²) in [5, 5.41) is 13.5. The summed E-state index contributed by atoms with van der Waals surface area (Å²) in [6.45, 7) is 6.76. The molecule has 0 saturated carbocycles. The lowest BCUT2D eigenvalue weighted by atomic mass is 10.1. The number of tetrazole rings is 1. The van der Waals surface area contributed by atoms with Crippen LogP contribution < -0.4 is 10.3 Å². The van der Waals surface area contributed by atoms with Gasteiger partial charge in [0.25, 0.3) is 5.56 Å². The summed E-state index contributed by atoms with van der Waals surface area (Å²) in [7, 11) is 0. The molecule has 1 saturated heterocycles. The fourth-order valence-electron chi connectivity index (χ4n) is 5.09. The zero-order valence-corrected chi connectivity index (χ0v) is 21.8. The molecule has 10 heteroatoms. The van der Waals surface area contributed by atoms with Crippen LogP contribution >= 0.6 is 0 Å². The lowest BCUT2D eigenvalue weighted by Gasteiger charge is -2.30. The molecule has 1 N–H and O–H groups in total. The Bertz CT molecular complexity index is 1410. The van der Waals surface area contributed by atoms with Crippen molar-refractivity contribution in [3.63, 3.8) is 0 Å². The van der Waals surface area contributed by atoms with E-state index >= 15 is 0 Å². The van der Waals surface area contributed by atoms with Crippen molar-refractivity contribution in [1.29, 1.82) is 0 Å². The Morgan fingerprint density at radius 1 is 1.18 bits per heavy atom.